The highest BCUT2D eigenvalue weighted by Gasteiger charge is 2.18. The molecule has 0 saturated carbocycles. The number of para-hydroxylation sites is 2. The van der Waals surface area contributed by atoms with Crippen LogP contribution in [0.4, 0.5) is 0 Å². The van der Waals surface area contributed by atoms with Crippen LogP contribution < -0.4 is 5.69 Å². The average Bonchev–Trinajstić information content (AvgIpc) is 3.42. The van der Waals surface area contributed by atoms with E-state index >= 15 is 0 Å². The average molecular weight is 593 g/mol. The lowest BCUT2D eigenvalue weighted by Gasteiger charge is -2.12. The number of fused-ring (bicyclic) bond motifs is 1. The Hall–Kier alpha value is -6.19. The molecule has 0 aliphatic carbocycles. The fraction of sp³-hybridized carbons (Fsp3) is 0. The number of hydrogen-bond acceptors (Lipinski definition) is 1. The molecule has 7 aromatic rings. The van der Waals surface area contributed by atoms with Gasteiger partial charge in [-0.2, -0.15) is 0 Å². The molecule has 3 heteroatoms. The van der Waals surface area contributed by atoms with Crippen LogP contribution in [0.15, 0.2) is 188 Å². The Bertz CT molecular complexity index is 2320. The molecule has 0 radical (unpaired) electrons. The lowest BCUT2D eigenvalue weighted by atomic mass is 9.94. The van der Waals surface area contributed by atoms with Gasteiger partial charge in [0.05, 0.1) is 22.4 Å². The van der Waals surface area contributed by atoms with E-state index in [1.54, 1.807) is 10.6 Å². The molecule has 220 valence electrons. The van der Waals surface area contributed by atoms with E-state index in [0.717, 1.165) is 66.9 Å². The van der Waals surface area contributed by atoms with Crippen molar-refractivity contribution in [2.75, 3.05) is 0 Å². The Balaban J connectivity index is 1.36. The highest BCUT2D eigenvalue weighted by Crippen LogP contribution is 2.34. The van der Waals surface area contributed by atoms with E-state index < -0.39 is 0 Å². The molecule has 0 saturated heterocycles. The minimum Gasteiger partial charge on any atom is -0.260 e. The number of aromatic nitrogens is 2. The molecular weight excluding hydrogens is 560 g/mol. The second-order valence-electron chi connectivity index (χ2n) is 11.1. The van der Waals surface area contributed by atoms with Crippen LogP contribution in [0.1, 0.15) is 5.56 Å². The molecule has 0 N–H and O–H groups in total. The Kier molecular flexibility index (Phi) is 7.72. The molecule has 0 spiro atoms. The number of nitrogens with zero attached hydrogens (tertiary/aromatic N) is 2. The van der Waals surface area contributed by atoms with Crippen molar-refractivity contribution in [1.82, 2.24) is 9.13 Å². The largest absolute Gasteiger partial charge is 0.338 e. The Labute approximate surface area is 269 Å². The van der Waals surface area contributed by atoms with Crippen LogP contribution >= 0.6 is 0 Å². The van der Waals surface area contributed by atoms with Gasteiger partial charge in [0.1, 0.15) is 0 Å². The van der Waals surface area contributed by atoms with Crippen molar-refractivity contribution in [2.45, 2.75) is 0 Å². The van der Waals surface area contributed by atoms with Crippen LogP contribution in [0.3, 0.4) is 0 Å². The molecule has 0 amide bonds. The van der Waals surface area contributed by atoms with Gasteiger partial charge in [0, 0.05) is 0 Å². The van der Waals surface area contributed by atoms with Gasteiger partial charge in [0.2, 0.25) is 0 Å². The second kappa shape index (κ2) is 12.4. The fourth-order valence-electron chi connectivity index (χ4n) is 6.17. The van der Waals surface area contributed by atoms with Gasteiger partial charge in [-0.1, -0.05) is 147 Å². The monoisotopic (exact) mass is 592 g/mol. The summed E-state index contributed by atoms with van der Waals surface area (Å²) in [5.74, 6) is 0. The van der Waals surface area contributed by atoms with Crippen LogP contribution in [0.2, 0.25) is 0 Å². The molecule has 1 aromatic heterocycles. The zero-order chi connectivity index (χ0) is 31.5. The molecule has 1 heterocycles. The van der Waals surface area contributed by atoms with Crippen LogP contribution in [0, 0.1) is 0 Å². The topological polar surface area (TPSA) is 26.9 Å². The number of hydrogen-bond donors (Lipinski definition) is 0. The zero-order valence-corrected chi connectivity index (χ0v) is 25.4. The molecule has 0 bridgehead atoms. The van der Waals surface area contributed by atoms with Gasteiger partial charge < -0.3 is 0 Å². The molecule has 0 unspecified atom stereocenters. The highest BCUT2D eigenvalue weighted by molar-refractivity contribution is 5.87. The quantitative estimate of drug-likeness (QED) is 0.161. The highest BCUT2D eigenvalue weighted by atomic mass is 16.1. The number of rotatable bonds is 8. The Morgan fingerprint density at radius 1 is 0.522 bits per heavy atom. The van der Waals surface area contributed by atoms with E-state index in [9.17, 15) is 4.79 Å². The van der Waals surface area contributed by atoms with Crippen molar-refractivity contribution < 1.29 is 0 Å². The first kappa shape index (κ1) is 28.6. The predicted octanol–water partition coefficient (Wildman–Crippen LogP) is 10.5. The molecule has 0 atom stereocenters. The van der Waals surface area contributed by atoms with Gasteiger partial charge in [-0.3, -0.25) is 9.13 Å². The maximum atomic E-state index is 14.5. The molecule has 46 heavy (non-hydrogen) atoms. The minimum atomic E-state index is -0.126. The van der Waals surface area contributed by atoms with Crippen LogP contribution in [0.25, 0.3) is 61.4 Å². The van der Waals surface area contributed by atoms with E-state index in [1.807, 2.05) is 83.4 Å². The van der Waals surface area contributed by atoms with Crippen molar-refractivity contribution in [3.63, 3.8) is 0 Å². The third-order valence-corrected chi connectivity index (χ3v) is 8.30. The van der Waals surface area contributed by atoms with Crippen molar-refractivity contribution >= 4 is 16.6 Å². The molecule has 0 aliphatic heterocycles. The van der Waals surface area contributed by atoms with Gasteiger partial charge >= 0.3 is 5.69 Å². The lowest BCUT2D eigenvalue weighted by molar-refractivity contribution is 0.931. The predicted molar refractivity (Wildman–Crippen MR) is 194 cm³/mol. The van der Waals surface area contributed by atoms with Gasteiger partial charge in [-0.05, 0) is 80.9 Å². The Morgan fingerprint density at radius 3 is 1.61 bits per heavy atom. The minimum absolute atomic E-state index is 0.126. The van der Waals surface area contributed by atoms with Crippen molar-refractivity contribution in [1.29, 1.82) is 0 Å². The first-order valence-electron chi connectivity index (χ1n) is 15.3. The van der Waals surface area contributed by atoms with Gasteiger partial charge in [-0.15, -0.1) is 0 Å². The fourth-order valence-corrected chi connectivity index (χ4v) is 6.17. The maximum Gasteiger partial charge on any atom is 0.338 e. The molecule has 3 nitrogen and oxygen atoms in total. The van der Waals surface area contributed by atoms with E-state index in [2.05, 4.69) is 98.1 Å². The molecule has 0 fully saturated rings. The molecular formula is C43H32N2O. The van der Waals surface area contributed by atoms with Gasteiger partial charge in [0.25, 0.3) is 0 Å². The first-order valence-corrected chi connectivity index (χ1v) is 15.3. The summed E-state index contributed by atoms with van der Waals surface area (Å²) in [6.45, 7) is 8.06. The van der Waals surface area contributed by atoms with Gasteiger partial charge in [-0.25, -0.2) is 4.79 Å². The summed E-state index contributed by atoms with van der Waals surface area (Å²) in [5.41, 5.74) is 11.6. The molecule has 0 aliphatic rings. The maximum absolute atomic E-state index is 14.5. The van der Waals surface area contributed by atoms with E-state index in [-0.39, 0.29) is 5.69 Å². The summed E-state index contributed by atoms with van der Waals surface area (Å²) in [6.07, 6.45) is 5.59. The van der Waals surface area contributed by atoms with Crippen molar-refractivity contribution in [2.24, 2.45) is 0 Å². The van der Waals surface area contributed by atoms with E-state index in [1.165, 1.54) is 0 Å². The zero-order valence-electron chi connectivity index (χ0n) is 25.4. The second-order valence-corrected chi connectivity index (χ2v) is 11.1. The first-order chi connectivity index (χ1) is 22.6. The summed E-state index contributed by atoms with van der Waals surface area (Å²) >= 11 is 0. The van der Waals surface area contributed by atoms with E-state index in [4.69, 9.17) is 0 Å². The SMILES string of the molecule is C=C/C=C\C(=C)c1ccccc1-c1cccc(-n2c(=O)n(-c3cccc(-c4ccccc4-c4ccccc4)c3)c3ccccc32)c1. The summed E-state index contributed by atoms with van der Waals surface area (Å²) in [7, 11) is 0. The van der Waals surface area contributed by atoms with Crippen LogP contribution in [0.5, 0.6) is 0 Å². The number of allylic oxidation sites excluding steroid dienone is 4. The smallest absolute Gasteiger partial charge is 0.260 e. The van der Waals surface area contributed by atoms with Crippen molar-refractivity contribution in [3.05, 3.63) is 199 Å². The number of imidazole rings is 1. The summed E-state index contributed by atoms with van der Waals surface area (Å²) < 4.78 is 3.62. The standard InChI is InChI=1S/C43H32N2O/c1-3-4-16-31(2)37-23-8-9-25-39(37)33-19-14-21-35(29-33)44-41-27-12-13-28-42(41)45(43(44)46)36-22-15-20-34(30-36)40-26-11-10-24-38(40)32-17-6-5-7-18-32/h3-30H,1-2H2/b16-4-. The number of benzene rings is 6. The van der Waals surface area contributed by atoms with Crippen molar-refractivity contribution in [3.8, 4) is 44.8 Å². The lowest BCUT2D eigenvalue weighted by Crippen LogP contribution is -2.22. The summed E-state index contributed by atoms with van der Waals surface area (Å²) in [5, 5.41) is 0. The van der Waals surface area contributed by atoms with Crippen LogP contribution in [-0.2, 0) is 0 Å². The Morgan fingerprint density at radius 2 is 1.00 bits per heavy atom. The van der Waals surface area contributed by atoms with E-state index in [0.29, 0.717) is 0 Å². The molecule has 6 aromatic carbocycles. The summed E-state index contributed by atoms with van der Waals surface area (Å²) in [4.78, 5) is 14.5. The summed E-state index contributed by atoms with van der Waals surface area (Å²) in [6, 6.07) is 51.3. The van der Waals surface area contributed by atoms with Crippen LogP contribution in [-0.4, -0.2) is 9.13 Å². The third kappa shape index (κ3) is 5.25. The van der Waals surface area contributed by atoms with Gasteiger partial charge in [0.15, 0.2) is 0 Å². The normalized spacial score (nSPS) is 11.2. The molecule has 7 rings (SSSR count). The third-order valence-electron chi connectivity index (χ3n) is 8.30.